The zero-order valence-electron chi connectivity index (χ0n) is 21.0. The van der Waals surface area contributed by atoms with E-state index < -0.39 is 29.1 Å². The van der Waals surface area contributed by atoms with Crippen molar-refractivity contribution < 1.29 is 33.7 Å². The number of aliphatic carboxylic acids is 1. The number of aromatic amines is 1. The minimum atomic E-state index is -1.74. The molecule has 2 heterocycles. The Morgan fingerprint density at radius 1 is 1.26 bits per heavy atom. The molecule has 0 fully saturated rings. The first-order valence-corrected chi connectivity index (χ1v) is 12.5. The monoisotopic (exact) mass is 539 g/mol. The van der Waals surface area contributed by atoms with Gasteiger partial charge in [-0.05, 0) is 31.0 Å². The van der Waals surface area contributed by atoms with Crippen molar-refractivity contribution in [2.24, 2.45) is 5.92 Å². The Morgan fingerprint density at radius 2 is 2.03 bits per heavy atom. The molecule has 198 valence electrons. The number of H-pyrrole nitrogens is 1. The van der Waals surface area contributed by atoms with Crippen molar-refractivity contribution in [1.82, 2.24) is 9.97 Å². The summed E-state index contributed by atoms with van der Waals surface area (Å²) in [5.74, 6) is -1.02. The molecule has 1 spiro atoms. The van der Waals surface area contributed by atoms with E-state index in [4.69, 9.17) is 30.9 Å². The number of allylic oxidation sites excluding steroid dienone is 1. The van der Waals surface area contributed by atoms with Gasteiger partial charge in [0, 0.05) is 42.3 Å². The van der Waals surface area contributed by atoms with Crippen LogP contribution in [0, 0.1) is 5.92 Å². The third-order valence-electron chi connectivity index (χ3n) is 6.95. The van der Waals surface area contributed by atoms with Crippen LogP contribution in [0.25, 0.3) is 11.0 Å². The van der Waals surface area contributed by atoms with E-state index in [1.54, 1.807) is 6.92 Å². The summed E-state index contributed by atoms with van der Waals surface area (Å²) in [6.45, 7) is 1.79. The summed E-state index contributed by atoms with van der Waals surface area (Å²) >= 11 is 6.44. The van der Waals surface area contributed by atoms with Gasteiger partial charge in [0.05, 0.1) is 25.3 Å². The normalized spacial score (nSPS) is 20.3. The SMILES string of the molecule is COc1cc(OC)c2c(c1Cl)OC1(C(=O)C=C(Nc3ccc4nc(CCCC(=O)O)[nH]c4c3)CC1C)C2=O. The second kappa shape index (κ2) is 9.68. The molecule has 0 radical (unpaired) electrons. The zero-order chi connectivity index (χ0) is 27.2. The van der Waals surface area contributed by atoms with E-state index in [0.29, 0.717) is 30.8 Å². The molecule has 2 atom stereocenters. The maximum atomic E-state index is 13.6. The van der Waals surface area contributed by atoms with Gasteiger partial charge >= 0.3 is 5.97 Å². The number of carbonyl (C=O) groups excluding carboxylic acids is 2. The summed E-state index contributed by atoms with van der Waals surface area (Å²) in [6, 6.07) is 7.06. The highest BCUT2D eigenvalue weighted by Gasteiger charge is 2.60. The van der Waals surface area contributed by atoms with E-state index in [0.717, 1.165) is 16.7 Å². The molecule has 0 bridgehead atoms. The Kier molecular flexibility index (Phi) is 6.52. The fourth-order valence-electron chi connectivity index (χ4n) is 5.07. The van der Waals surface area contributed by atoms with Crippen LogP contribution in [0.4, 0.5) is 5.69 Å². The number of halogens is 1. The van der Waals surface area contributed by atoms with E-state index in [2.05, 4.69) is 15.3 Å². The van der Waals surface area contributed by atoms with E-state index in [1.807, 2.05) is 18.2 Å². The van der Waals surface area contributed by atoms with Gasteiger partial charge in [-0.3, -0.25) is 14.4 Å². The smallest absolute Gasteiger partial charge is 0.303 e. The summed E-state index contributed by atoms with van der Waals surface area (Å²) in [5, 5.41) is 12.2. The summed E-state index contributed by atoms with van der Waals surface area (Å²) in [7, 11) is 2.86. The number of hydrogen-bond acceptors (Lipinski definition) is 8. The van der Waals surface area contributed by atoms with Crippen molar-refractivity contribution in [3.63, 3.8) is 0 Å². The number of hydrogen-bond donors (Lipinski definition) is 3. The lowest BCUT2D eigenvalue weighted by Crippen LogP contribution is -2.55. The molecule has 1 aliphatic carbocycles. The number of ether oxygens (including phenoxy) is 3. The molecule has 2 aliphatic rings. The van der Waals surface area contributed by atoms with Crippen LogP contribution in [0.2, 0.25) is 5.02 Å². The lowest BCUT2D eigenvalue weighted by molar-refractivity contribution is -0.137. The lowest BCUT2D eigenvalue weighted by atomic mass is 9.74. The average molecular weight is 540 g/mol. The number of aryl methyl sites for hydroxylation is 1. The number of anilines is 1. The number of imidazole rings is 1. The Balaban J connectivity index is 1.39. The van der Waals surface area contributed by atoms with Crippen LogP contribution in [0.5, 0.6) is 17.2 Å². The van der Waals surface area contributed by atoms with Crippen molar-refractivity contribution >= 4 is 45.9 Å². The van der Waals surface area contributed by atoms with Crippen LogP contribution in [-0.2, 0) is 16.0 Å². The first-order valence-electron chi connectivity index (χ1n) is 12.1. The lowest BCUT2D eigenvalue weighted by Gasteiger charge is -2.35. The molecular formula is C27H26ClN3O7. The highest BCUT2D eigenvalue weighted by Crippen LogP contribution is 2.53. The number of rotatable bonds is 8. The van der Waals surface area contributed by atoms with Crippen LogP contribution in [0.3, 0.4) is 0 Å². The highest BCUT2D eigenvalue weighted by molar-refractivity contribution is 6.36. The summed E-state index contributed by atoms with van der Waals surface area (Å²) in [6.07, 6.45) is 2.86. The largest absolute Gasteiger partial charge is 0.496 e. The molecule has 3 aromatic rings. The van der Waals surface area contributed by atoms with Crippen LogP contribution in [0.1, 0.15) is 42.4 Å². The number of methoxy groups -OCH3 is 2. The number of nitrogens with one attached hydrogen (secondary N) is 2. The summed E-state index contributed by atoms with van der Waals surface area (Å²) in [4.78, 5) is 45.6. The van der Waals surface area contributed by atoms with Crippen molar-refractivity contribution in [2.75, 3.05) is 19.5 Å². The molecule has 3 N–H and O–H groups in total. The Bertz CT molecular complexity index is 1510. The minimum absolute atomic E-state index is 0.0789. The van der Waals surface area contributed by atoms with Gasteiger partial charge in [-0.1, -0.05) is 18.5 Å². The number of ketones is 2. The van der Waals surface area contributed by atoms with Crippen molar-refractivity contribution in [3.8, 4) is 17.2 Å². The van der Waals surface area contributed by atoms with Crippen LogP contribution in [0.15, 0.2) is 36.0 Å². The van der Waals surface area contributed by atoms with E-state index in [9.17, 15) is 14.4 Å². The predicted octanol–water partition coefficient (Wildman–Crippen LogP) is 4.56. The van der Waals surface area contributed by atoms with E-state index >= 15 is 0 Å². The molecule has 0 saturated carbocycles. The maximum absolute atomic E-state index is 13.6. The van der Waals surface area contributed by atoms with Crippen molar-refractivity contribution in [3.05, 3.63) is 52.4 Å². The number of aromatic nitrogens is 2. The maximum Gasteiger partial charge on any atom is 0.303 e. The molecular weight excluding hydrogens is 514 g/mol. The molecule has 5 rings (SSSR count). The quantitative estimate of drug-likeness (QED) is 0.351. The fourth-order valence-corrected chi connectivity index (χ4v) is 5.33. The van der Waals surface area contributed by atoms with Crippen molar-refractivity contribution in [2.45, 2.75) is 38.2 Å². The van der Waals surface area contributed by atoms with E-state index in [-0.39, 0.29) is 34.3 Å². The number of Topliss-reactive ketones (excluding diaryl/α,β-unsaturated/α-hetero) is 1. The molecule has 10 nitrogen and oxygen atoms in total. The number of carboxylic acid groups (broad SMARTS) is 1. The second-order valence-corrected chi connectivity index (χ2v) is 9.77. The zero-order valence-corrected chi connectivity index (χ0v) is 21.8. The predicted molar refractivity (Wildman–Crippen MR) is 139 cm³/mol. The number of carboxylic acids is 1. The molecule has 1 aromatic heterocycles. The Hall–Kier alpha value is -4.05. The third-order valence-corrected chi connectivity index (χ3v) is 7.31. The molecule has 1 aliphatic heterocycles. The number of fused-ring (bicyclic) bond motifs is 2. The first-order chi connectivity index (χ1) is 18.2. The van der Waals surface area contributed by atoms with Gasteiger partial charge < -0.3 is 29.6 Å². The summed E-state index contributed by atoms with van der Waals surface area (Å²) < 4.78 is 16.7. The number of carbonyl (C=O) groups is 3. The Labute approximate surface area is 222 Å². The van der Waals surface area contributed by atoms with Crippen LogP contribution in [-0.4, -0.2) is 52.4 Å². The molecule has 0 saturated heterocycles. The molecule has 0 amide bonds. The highest BCUT2D eigenvalue weighted by atomic mass is 35.5. The number of benzene rings is 2. The standard InChI is InChI=1S/C27H26ClN3O7/c1-13-9-15(29-14-7-8-16-17(10-14)31-21(30-16)5-4-6-22(33)34)11-20(32)27(13)26(35)23-18(36-2)12-19(37-3)24(28)25(23)38-27/h7-8,10-13,29H,4-6,9H2,1-3H3,(H,30,31)(H,33,34). The van der Waals surface area contributed by atoms with Gasteiger partial charge in [-0.15, -0.1) is 0 Å². The van der Waals surface area contributed by atoms with Gasteiger partial charge in [0.25, 0.3) is 0 Å². The van der Waals surface area contributed by atoms with Gasteiger partial charge in [-0.25, -0.2) is 4.98 Å². The topological polar surface area (TPSA) is 140 Å². The molecule has 38 heavy (non-hydrogen) atoms. The van der Waals surface area contributed by atoms with E-state index in [1.165, 1.54) is 26.4 Å². The van der Waals surface area contributed by atoms with Crippen LogP contribution >= 0.6 is 11.6 Å². The van der Waals surface area contributed by atoms with Gasteiger partial charge in [0.15, 0.2) is 5.75 Å². The second-order valence-electron chi connectivity index (χ2n) is 9.39. The fraction of sp³-hybridized carbons (Fsp3) is 0.333. The van der Waals surface area contributed by atoms with Crippen LogP contribution < -0.4 is 19.5 Å². The first kappa shape index (κ1) is 25.6. The van der Waals surface area contributed by atoms with Gasteiger partial charge in [0.2, 0.25) is 17.2 Å². The minimum Gasteiger partial charge on any atom is -0.496 e. The molecule has 2 unspecified atom stereocenters. The number of nitrogens with zero attached hydrogens (tertiary/aromatic N) is 1. The molecule has 11 heteroatoms. The van der Waals surface area contributed by atoms with Gasteiger partial charge in [0.1, 0.15) is 27.9 Å². The third kappa shape index (κ3) is 4.14. The van der Waals surface area contributed by atoms with Gasteiger partial charge in [-0.2, -0.15) is 0 Å². The molecule has 2 aromatic carbocycles. The summed E-state index contributed by atoms with van der Waals surface area (Å²) in [5.41, 5.74) is 1.30. The Morgan fingerprint density at radius 3 is 2.71 bits per heavy atom. The van der Waals surface area contributed by atoms with Crippen molar-refractivity contribution in [1.29, 1.82) is 0 Å². The average Bonchev–Trinajstić information content (AvgIpc) is 3.42.